The molecule has 0 fully saturated rings. The van der Waals surface area contributed by atoms with Gasteiger partial charge in [0.15, 0.2) is 5.60 Å². The van der Waals surface area contributed by atoms with E-state index >= 15 is 0 Å². The minimum absolute atomic E-state index is 0.0574. The van der Waals surface area contributed by atoms with Crippen LogP contribution in [0.2, 0.25) is 0 Å². The lowest BCUT2D eigenvalue weighted by Crippen LogP contribution is -2.44. The van der Waals surface area contributed by atoms with Crippen LogP contribution in [-0.4, -0.2) is 52.2 Å². The minimum Gasteiger partial charge on any atom is -0.462 e. The second-order valence-corrected chi connectivity index (χ2v) is 13.1. The van der Waals surface area contributed by atoms with Crippen molar-refractivity contribution in [1.29, 1.82) is 0 Å². The summed E-state index contributed by atoms with van der Waals surface area (Å²) in [6.45, 7) is 8.63. The van der Waals surface area contributed by atoms with Gasteiger partial charge >= 0.3 is 19.5 Å². The number of carbonyl (C=O) groups excluding carboxylic acids is 2. The van der Waals surface area contributed by atoms with Crippen LogP contribution >= 0.6 is 7.52 Å². The summed E-state index contributed by atoms with van der Waals surface area (Å²) in [5.74, 6) is -0.988. The lowest BCUT2D eigenvalue weighted by atomic mass is 9.86. The highest BCUT2D eigenvalue weighted by Gasteiger charge is 2.45. The van der Waals surface area contributed by atoms with Crippen LogP contribution in [-0.2, 0) is 53.5 Å². The van der Waals surface area contributed by atoms with Crippen molar-refractivity contribution in [2.45, 2.75) is 78.4 Å². The zero-order valence-corrected chi connectivity index (χ0v) is 25.9. The first-order valence-electron chi connectivity index (χ1n) is 14.2. The van der Waals surface area contributed by atoms with Crippen molar-refractivity contribution < 1.29 is 38.0 Å². The van der Waals surface area contributed by atoms with Gasteiger partial charge in [0.1, 0.15) is 24.7 Å². The number of methoxy groups -OCH3 is 1. The molecule has 0 radical (unpaired) electrons. The van der Waals surface area contributed by atoms with Gasteiger partial charge in [0.2, 0.25) is 0 Å². The van der Waals surface area contributed by atoms with E-state index in [1.54, 1.807) is 50.5 Å². The van der Waals surface area contributed by atoms with Gasteiger partial charge in [-0.15, -0.1) is 0 Å². The molecule has 1 aromatic carbocycles. The molecule has 2 N–H and O–H groups in total. The Bertz CT molecular complexity index is 1730. The van der Waals surface area contributed by atoms with Gasteiger partial charge in [0, 0.05) is 29.2 Å². The SMILES string of the molecule is CCc1c(OP(=O)(COC)N[C@@H](C)C(=O)OC(C)C)ccc2nc3c(cc12)Cn1c-3cc2c(c1=O)COC(=O)[C@]2(O)CC. The quantitative estimate of drug-likeness (QED) is 0.198. The zero-order valence-electron chi connectivity index (χ0n) is 25.1. The monoisotopic (exact) mass is 613 g/mol. The summed E-state index contributed by atoms with van der Waals surface area (Å²) in [5, 5.41) is 14.6. The molecule has 13 heteroatoms. The maximum absolute atomic E-state index is 13.8. The van der Waals surface area contributed by atoms with E-state index in [-0.39, 0.29) is 48.7 Å². The summed E-state index contributed by atoms with van der Waals surface area (Å²) in [5.41, 5.74) is 1.48. The van der Waals surface area contributed by atoms with Crippen molar-refractivity contribution in [3.63, 3.8) is 0 Å². The molecule has 0 spiro atoms. The molecule has 1 unspecified atom stereocenters. The van der Waals surface area contributed by atoms with Crippen molar-refractivity contribution in [2.75, 3.05) is 13.5 Å². The van der Waals surface area contributed by atoms with Gasteiger partial charge in [-0.05, 0) is 57.9 Å². The number of cyclic esters (lactones) is 1. The number of nitrogens with one attached hydrogen (secondary N) is 1. The van der Waals surface area contributed by atoms with Crippen molar-refractivity contribution in [2.24, 2.45) is 0 Å². The van der Waals surface area contributed by atoms with E-state index in [0.29, 0.717) is 29.1 Å². The highest BCUT2D eigenvalue weighted by atomic mass is 31.2. The Kier molecular flexibility index (Phi) is 8.26. The summed E-state index contributed by atoms with van der Waals surface area (Å²) in [6.07, 6.45) is -0.0475. The molecule has 0 saturated carbocycles. The molecule has 2 aliphatic rings. The van der Waals surface area contributed by atoms with E-state index in [2.05, 4.69) is 5.09 Å². The molecule has 3 aromatic rings. The normalized spacial score (nSPS) is 19.3. The predicted octanol–water partition coefficient (Wildman–Crippen LogP) is 3.75. The van der Waals surface area contributed by atoms with Crippen molar-refractivity contribution in [3.8, 4) is 17.1 Å². The Morgan fingerprint density at radius 3 is 2.63 bits per heavy atom. The zero-order chi connectivity index (χ0) is 31.3. The molecule has 0 aliphatic carbocycles. The largest absolute Gasteiger partial charge is 0.462 e. The second kappa shape index (κ2) is 11.5. The Morgan fingerprint density at radius 2 is 1.98 bits per heavy atom. The van der Waals surface area contributed by atoms with E-state index < -0.39 is 31.1 Å². The molecule has 2 aliphatic heterocycles. The highest BCUT2D eigenvalue weighted by Crippen LogP contribution is 2.46. The number of rotatable bonds is 10. The fraction of sp³-hybridized carbons (Fsp3) is 0.467. The van der Waals surface area contributed by atoms with Crippen molar-refractivity contribution >= 4 is 30.4 Å². The molecular weight excluding hydrogens is 577 g/mol. The fourth-order valence-electron chi connectivity index (χ4n) is 5.64. The second-order valence-electron chi connectivity index (χ2n) is 11.1. The molecule has 4 heterocycles. The number of hydrogen-bond acceptors (Lipinski definition) is 10. The average molecular weight is 614 g/mol. The molecule has 3 atom stereocenters. The van der Waals surface area contributed by atoms with Crippen molar-refractivity contribution in [1.82, 2.24) is 14.6 Å². The van der Waals surface area contributed by atoms with Gasteiger partial charge in [-0.1, -0.05) is 13.8 Å². The van der Waals surface area contributed by atoms with Crippen LogP contribution in [0.1, 0.15) is 63.3 Å². The maximum atomic E-state index is 13.8. The summed E-state index contributed by atoms with van der Waals surface area (Å²) >= 11 is 0. The van der Waals surface area contributed by atoms with Gasteiger partial charge in [-0.2, -0.15) is 0 Å². The molecule has 43 heavy (non-hydrogen) atoms. The summed E-state index contributed by atoms with van der Waals surface area (Å²) in [6, 6.07) is 6.09. The molecule has 0 saturated heterocycles. The van der Waals surface area contributed by atoms with E-state index in [0.717, 1.165) is 16.5 Å². The number of aliphatic hydroxyl groups is 1. The van der Waals surface area contributed by atoms with Crippen LogP contribution in [0.3, 0.4) is 0 Å². The van der Waals surface area contributed by atoms with Crippen LogP contribution in [0, 0.1) is 0 Å². The molecular formula is C30H36N3O9P. The number of fused-ring (bicyclic) bond motifs is 5. The number of ether oxygens (including phenoxy) is 3. The van der Waals surface area contributed by atoms with Gasteiger partial charge in [0.25, 0.3) is 5.56 Å². The Morgan fingerprint density at radius 1 is 1.23 bits per heavy atom. The predicted molar refractivity (Wildman–Crippen MR) is 158 cm³/mol. The number of esters is 2. The number of aryl methyl sites for hydroxylation is 1. The molecule has 2 aromatic heterocycles. The molecule has 12 nitrogen and oxygen atoms in total. The van der Waals surface area contributed by atoms with Crippen LogP contribution < -0.4 is 15.2 Å². The van der Waals surface area contributed by atoms with Crippen LogP contribution in [0.25, 0.3) is 22.3 Å². The fourth-order valence-corrected chi connectivity index (χ4v) is 7.35. The molecule has 5 rings (SSSR count). The first-order valence-corrected chi connectivity index (χ1v) is 16.0. The Labute approximate surface area is 248 Å². The smallest absolute Gasteiger partial charge is 0.343 e. The topological polar surface area (TPSA) is 155 Å². The number of carbonyl (C=O) groups is 2. The van der Waals surface area contributed by atoms with E-state index in [1.807, 2.05) is 13.0 Å². The van der Waals surface area contributed by atoms with E-state index in [1.165, 1.54) is 7.11 Å². The summed E-state index contributed by atoms with van der Waals surface area (Å²) in [4.78, 5) is 43.2. The van der Waals surface area contributed by atoms with Crippen LogP contribution in [0.4, 0.5) is 0 Å². The van der Waals surface area contributed by atoms with Gasteiger partial charge in [-0.25, -0.2) is 14.9 Å². The third-order valence-electron chi connectivity index (χ3n) is 7.75. The number of aromatic nitrogens is 2. The number of benzene rings is 1. The van der Waals surface area contributed by atoms with Crippen molar-refractivity contribution in [3.05, 3.63) is 56.9 Å². The molecule has 230 valence electrons. The summed E-state index contributed by atoms with van der Waals surface area (Å²) < 4.78 is 37.0. The molecule has 0 amide bonds. The third kappa shape index (κ3) is 5.37. The number of hydrogen-bond donors (Lipinski definition) is 2. The standard InChI is InChI=1S/C30H36N3O9P/c1-7-19-20-11-18-13-33-24(12-22-21(27(33)34)14-40-29(36)30(22,37)8-2)26(18)31-23(20)9-10-25(19)42-43(38,15-39-6)32-17(5)28(35)41-16(3)4/h9-12,16-17,37H,7-8,13-15H2,1-6H3,(H,32,38)/t17-,30-,43?/m0/s1. The number of nitrogens with zero attached hydrogens (tertiary/aromatic N) is 2. The lowest BCUT2D eigenvalue weighted by Gasteiger charge is -2.31. The number of pyridine rings is 2. The van der Waals surface area contributed by atoms with E-state index in [9.17, 15) is 24.1 Å². The van der Waals surface area contributed by atoms with Crippen LogP contribution in [0.5, 0.6) is 5.75 Å². The first-order chi connectivity index (χ1) is 20.4. The Balaban J connectivity index is 1.55. The average Bonchev–Trinajstić information content (AvgIpc) is 3.31. The maximum Gasteiger partial charge on any atom is 0.343 e. The minimum atomic E-state index is -3.72. The van der Waals surface area contributed by atoms with Gasteiger partial charge in [-0.3, -0.25) is 14.2 Å². The first kappa shape index (κ1) is 30.9. The highest BCUT2D eigenvalue weighted by molar-refractivity contribution is 7.57. The summed E-state index contributed by atoms with van der Waals surface area (Å²) in [7, 11) is -2.33. The Hall–Kier alpha value is -3.57. The van der Waals surface area contributed by atoms with Crippen LogP contribution in [0.15, 0.2) is 29.1 Å². The van der Waals surface area contributed by atoms with Gasteiger partial charge in [0.05, 0.1) is 35.1 Å². The van der Waals surface area contributed by atoms with Gasteiger partial charge < -0.3 is 28.4 Å². The molecule has 0 bridgehead atoms. The lowest BCUT2D eigenvalue weighted by molar-refractivity contribution is -0.172. The third-order valence-corrected chi connectivity index (χ3v) is 9.62. The van der Waals surface area contributed by atoms with E-state index in [4.69, 9.17) is 23.7 Å².